The molecule has 0 aliphatic heterocycles. The van der Waals surface area contributed by atoms with Gasteiger partial charge >= 0.3 is 0 Å². The second-order valence-electron chi connectivity index (χ2n) is 2.46. The molecule has 0 saturated carbocycles. The van der Waals surface area contributed by atoms with Crippen molar-refractivity contribution in [2.75, 3.05) is 0 Å². The summed E-state index contributed by atoms with van der Waals surface area (Å²) in [5, 5.41) is 1.41. The average molecular weight is 207 g/mol. The molecule has 60 valence electrons. The Labute approximate surface area is 81.9 Å². The minimum Gasteiger partial charge on any atom is -0.142 e. The van der Waals surface area contributed by atoms with E-state index in [9.17, 15) is 0 Å². The molecule has 1 aromatic carbocycles. The number of benzene rings is 1. The van der Waals surface area contributed by atoms with Gasteiger partial charge in [0, 0.05) is 9.92 Å². The van der Waals surface area contributed by atoms with Gasteiger partial charge in [-0.15, -0.1) is 12.6 Å². The molecule has 0 amide bonds. The van der Waals surface area contributed by atoms with Crippen LogP contribution in [0.3, 0.4) is 0 Å². The van der Waals surface area contributed by atoms with Gasteiger partial charge in [0.25, 0.3) is 0 Å². The predicted octanol–water partition coefficient (Wildman–Crippen LogP) is 3.90. The summed E-state index contributed by atoms with van der Waals surface area (Å²) in [4.78, 5) is 0.775. The summed E-state index contributed by atoms with van der Waals surface area (Å²) < 4.78 is 0. The van der Waals surface area contributed by atoms with Crippen LogP contribution in [0.15, 0.2) is 11.0 Å². The molecule has 3 heteroatoms. The van der Waals surface area contributed by atoms with Crippen molar-refractivity contribution in [1.82, 2.24) is 0 Å². The molecule has 1 aromatic rings. The van der Waals surface area contributed by atoms with Gasteiger partial charge in [-0.2, -0.15) is 0 Å². The molecule has 0 saturated heterocycles. The van der Waals surface area contributed by atoms with Crippen LogP contribution in [0.1, 0.15) is 11.1 Å². The lowest BCUT2D eigenvalue weighted by Crippen LogP contribution is -1.84. The highest BCUT2D eigenvalue weighted by Crippen LogP contribution is 2.32. The molecular weight excluding hydrogens is 199 g/mol. The molecule has 0 fully saturated rings. The van der Waals surface area contributed by atoms with Crippen LogP contribution in [0.4, 0.5) is 0 Å². The Morgan fingerprint density at radius 1 is 1.27 bits per heavy atom. The first-order valence-electron chi connectivity index (χ1n) is 3.18. The fraction of sp³-hybridized carbons (Fsp3) is 0.250. The van der Waals surface area contributed by atoms with Crippen molar-refractivity contribution in [2.24, 2.45) is 0 Å². The standard InChI is InChI=1S/C8H8Cl2S/c1-4-3-6(9)5(2)8(11)7(4)10/h3,11H,1-2H3. The van der Waals surface area contributed by atoms with Gasteiger partial charge in [0.05, 0.1) is 5.02 Å². The van der Waals surface area contributed by atoms with E-state index in [1.807, 2.05) is 19.9 Å². The number of hydrogen-bond donors (Lipinski definition) is 1. The van der Waals surface area contributed by atoms with E-state index in [1.165, 1.54) is 0 Å². The van der Waals surface area contributed by atoms with Crippen molar-refractivity contribution in [1.29, 1.82) is 0 Å². The van der Waals surface area contributed by atoms with Crippen LogP contribution < -0.4 is 0 Å². The smallest absolute Gasteiger partial charge is 0.0572 e. The largest absolute Gasteiger partial charge is 0.142 e. The van der Waals surface area contributed by atoms with Gasteiger partial charge in [-0.05, 0) is 31.0 Å². The third-order valence-electron chi connectivity index (χ3n) is 1.61. The summed E-state index contributed by atoms with van der Waals surface area (Å²) >= 11 is 16.0. The molecule has 0 spiro atoms. The van der Waals surface area contributed by atoms with E-state index in [2.05, 4.69) is 12.6 Å². The zero-order valence-corrected chi connectivity index (χ0v) is 8.69. The minimum atomic E-state index is 0.690. The Kier molecular flexibility index (Phi) is 2.74. The van der Waals surface area contributed by atoms with Crippen LogP contribution in [0.2, 0.25) is 10.0 Å². The molecule has 1 rings (SSSR count). The summed E-state index contributed by atoms with van der Waals surface area (Å²) in [6, 6.07) is 1.85. The molecule has 0 bridgehead atoms. The van der Waals surface area contributed by atoms with Crippen LogP contribution in [0.5, 0.6) is 0 Å². The molecule has 0 aliphatic rings. The Morgan fingerprint density at radius 2 is 1.82 bits per heavy atom. The number of aryl methyl sites for hydroxylation is 1. The first-order valence-corrected chi connectivity index (χ1v) is 4.38. The van der Waals surface area contributed by atoms with Crippen molar-refractivity contribution >= 4 is 35.8 Å². The quantitative estimate of drug-likeness (QED) is 0.613. The van der Waals surface area contributed by atoms with Gasteiger partial charge < -0.3 is 0 Å². The second kappa shape index (κ2) is 3.26. The lowest BCUT2D eigenvalue weighted by molar-refractivity contribution is 1.27. The molecule has 0 unspecified atom stereocenters. The highest BCUT2D eigenvalue weighted by Gasteiger charge is 2.06. The number of thiol groups is 1. The Hall–Kier alpha value is 0.150. The lowest BCUT2D eigenvalue weighted by Gasteiger charge is -2.06. The van der Waals surface area contributed by atoms with Gasteiger partial charge in [0.1, 0.15) is 0 Å². The summed E-state index contributed by atoms with van der Waals surface area (Å²) in [5.74, 6) is 0. The van der Waals surface area contributed by atoms with E-state index in [1.54, 1.807) is 0 Å². The topological polar surface area (TPSA) is 0 Å². The first-order chi connectivity index (χ1) is 5.04. The van der Waals surface area contributed by atoms with Crippen LogP contribution in [-0.4, -0.2) is 0 Å². The highest BCUT2D eigenvalue weighted by molar-refractivity contribution is 7.80. The Morgan fingerprint density at radius 3 is 2.36 bits per heavy atom. The molecule has 0 aromatic heterocycles. The maximum absolute atomic E-state index is 5.92. The van der Waals surface area contributed by atoms with E-state index in [0.717, 1.165) is 21.0 Å². The van der Waals surface area contributed by atoms with Crippen molar-refractivity contribution in [3.63, 3.8) is 0 Å². The third-order valence-corrected chi connectivity index (χ3v) is 3.18. The minimum absolute atomic E-state index is 0.690. The molecule has 0 N–H and O–H groups in total. The Bertz CT molecular complexity index is 268. The summed E-state index contributed by atoms with van der Waals surface area (Å²) in [5.41, 5.74) is 1.90. The monoisotopic (exact) mass is 206 g/mol. The number of hydrogen-bond acceptors (Lipinski definition) is 1. The van der Waals surface area contributed by atoms with E-state index < -0.39 is 0 Å². The van der Waals surface area contributed by atoms with Gasteiger partial charge in [-0.3, -0.25) is 0 Å². The van der Waals surface area contributed by atoms with Crippen molar-refractivity contribution in [3.8, 4) is 0 Å². The number of rotatable bonds is 0. The van der Waals surface area contributed by atoms with Crippen LogP contribution in [-0.2, 0) is 0 Å². The lowest BCUT2D eigenvalue weighted by atomic mass is 10.2. The van der Waals surface area contributed by atoms with Gasteiger partial charge in [0.2, 0.25) is 0 Å². The van der Waals surface area contributed by atoms with Crippen LogP contribution in [0.25, 0.3) is 0 Å². The van der Waals surface area contributed by atoms with Gasteiger partial charge in [-0.1, -0.05) is 23.2 Å². The maximum Gasteiger partial charge on any atom is 0.0572 e. The van der Waals surface area contributed by atoms with E-state index in [4.69, 9.17) is 23.2 Å². The Balaban J connectivity index is 3.46. The molecule has 0 radical (unpaired) electrons. The number of halogens is 2. The van der Waals surface area contributed by atoms with Crippen LogP contribution in [0, 0.1) is 13.8 Å². The van der Waals surface area contributed by atoms with Crippen molar-refractivity contribution in [3.05, 3.63) is 27.2 Å². The molecule has 11 heavy (non-hydrogen) atoms. The summed E-state index contributed by atoms with van der Waals surface area (Å²) in [6.07, 6.45) is 0. The zero-order valence-electron chi connectivity index (χ0n) is 6.28. The third kappa shape index (κ3) is 1.66. The van der Waals surface area contributed by atoms with E-state index in [0.29, 0.717) is 5.02 Å². The highest BCUT2D eigenvalue weighted by atomic mass is 35.5. The van der Waals surface area contributed by atoms with E-state index in [-0.39, 0.29) is 0 Å². The van der Waals surface area contributed by atoms with Crippen molar-refractivity contribution in [2.45, 2.75) is 18.7 Å². The van der Waals surface area contributed by atoms with E-state index >= 15 is 0 Å². The SMILES string of the molecule is Cc1cc(Cl)c(C)c(S)c1Cl. The predicted molar refractivity (Wildman–Crippen MR) is 53.2 cm³/mol. The molecule has 0 atom stereocenters. The second-order valence-corrected chi connectivity index (χ2v) is 3.70. The maximum atomic E-state index is 5.92. The molecule has 0 nitrogen and oxygen atoms in total. The fourth-order valence-electron chi connectivity index (χ4n) is 0.826. The summed E-state index contributed by atoms with van der Waals surface area (Å²) in [7, 11) is 0. The van der Waals surface area contributed by atoms with Gasteiger partial charge in [-0.25, -0.2) is 0 Å². The summed E-state index contributed by atoms with van der Waals surface area (Å²) in [6.45, 7) is 3.81. The zero-order chi connectivity index (χ0) is 8.59. The van der Waals surface area contributed by atoms with Crippen LogP contribution >= 0.6 is 35.8 Å². The van der Waals surface area contributed by atoms with Crippen molar-refractivity contribution < 1.29 is 0 Å². The average Bonchev–Trinajstić information content (AvgIpc) is 1.97. The molecule has 0 aliphatic carbocycles. The fourth-order valence-corrected chi connectivity index (χ4v) is 1.64. The molecule has 0 heterocycles. The normalized spacial score (nSPS) is 10.3. The van der Waals surface area contributed by atoms with Gasteiger partial charge in [0.15, 0.2) is 0 Å². The first kappa shape index (κ1) is 9.24. The molecular formula is C8H8Cl2S.